The summed E-state index contributed by atoms with van der Waals surface area (Å²) in [7, 11) is 0. The van der Waals surface area contributed by atoms with Crippen LogP contribution in [0.2, 0.25) is 0 Å². The van der Waals surface area contributed by atoms with Gasteiger partial charge in [0.05, 0.1) is 23.7 Å². The first-order valence-corrected chi connectivity index (χ1v) is 12.6. The van der Waals surface area contributed by atoms with Gasteiger partial charge < -0.3 is 41.6 Å². The molecule has 224 valence electrons. The minimum Gasteiger partial charge on any atom is -0.493 e. The van der Waals surface area contributed by atoms with Gasteiger partial charge in [0.15, 0.2) is 0 Å². The van der Waals surface area contributed by atoms with Crippen molar-refractivity contribution < 1.29 is 48.3 Å². The molecule has 0 saturated heterocycles. The van der Waals surface area contributed by atoms with Crippen molar-refractivity contribution >= 4 is 41.8 Å². The maximum atomic E-state index is 13.2. The quantitative estimate of drug-likeness (QED) is 0.0702. The molecule has 41 heavy (non-hydrogen) atoms. The van der Waals surface area contributed by atoms with Crippen molar-refractivity contribution in [2.45, 2.75) is 50.2 Å². The summed E-state index contributed by atoms with van der Waals surface area (Å²) in [6.07, 6.45) is 0.632. The fourth-order valence-corrected chi connectivity index (χ4v) is 3.82. The van der Waals surface area contributed by atoms with E-state index in [2.05, 4.69) is 26.0 Å². The summed E-state index contributed by atoms with van der Waals surface area (Å²) in [6.45, 7) is -0.818. The fraction of sp³-hybridized carbons (Fsp3) is 0.500. The van der Waals surface area contributed by atoms with Crippen LogP contribution in [0.4, 0.5) is 5.69 Å². The van der Waals surface area contributed by atoms with Crippen LogP contribution in [0.15, 0.2) is 18.2 Å². The molecule has 0 bridgehead atoms. The summed E-state index contributed by atoms with van der Waals surface area (Å²) in [6, 6.07) is -0.644. The third kappa shape index (κ3) is 10.4. The van der Waals surface area contributed by atoms with Gasteiger partial charge in [-0.05, 0) is 31.9 Å². The third-order valence-electron chi connectivity index (χ3n) is 5.92. The number of nitro groups is 1. The largest absolute Gasteiger partial charge is 0.493 e. The summed E-state index contributed by atoms with van der Waals surface area (Å²) in [5.41, 5.74) is 4.81. The Balaban J connectivity index is 2.49. The van der Waals surface area contributed by atoms with E-state index in [1.165, 1.54) is 0 Å². The predicted octanol–water partition coefficient (Wildman–Crippen LogP) is -1.66. The van der Waals surface area contributed by atoms with Crippen LogP contribution in [0.3, 0.4) is 0 Å². The zero-order valence-corrected chi connectivity index (χ0v) is 22.0. The second kappa shape index (κ2) is 16.3. The first kappa shape index (κ1) is 32.4. The van der Waals surface area contributed by atoms with Gasteiger partial charge in [0.1, 0.15) is 30.4 Å². The molecule has 1 unspecified atom stereocenters. The molecule has 0 aliphatic carbocycles. The van der Waals surface area contributed by atoms with Crippen molar-refractivity contribution in [3.05, 3.63) is 33.9 Å². The Hall–Kier alpha value is -4.80. The third-order valence-corrected chi connectivity index (χ3v) is 5.92. The molecular weight excluding hydrogens is 548 g/mol. The van der Waals surface area contributed by atoms with Crippen LogP contribution >= 0.6 is 0 Å². The number of nitrogens with zero attached hydrogens (tertiary/aromatic N) is 1. The first-order chi connectivity index (χ1) is 19.6. The Kier molecular flexibility index (Phi) is 12.9. The molecule has 0 fully saturated rings. The van der Waals surface area contributed by atoms with Gasteiger partial charge in [-0.15, -0.1) is 0 Å². The molecule has 3 atom stereocenters. The van der Waals surface area contributed by atoms with Crippen LogP contribution in [0.5, 0.6) is 5.75 Å². The number of nitro benzene ring substituents is 1. The molecule has 1 aromatic rings. The highest BCUT2D eigenvalue weighted by atomic mass is 16.6. The van der Waals surface area contributed by atoms with Crippen LogP contribution in [-0.2, 0) is 28.7 Å². The molecule has 7 N–H and O–H groups in total. The standard InChI is InChI=1S/C24H32N6O11/c25-8-2-1-3-16-23(36)29-17(22(35)26-12-20(32)33)7-10-41-19-5-4-14(30(38)39)11-15(19)21(34)27-18(24(37)28-16)6-9-40-13-31/h4-5,11,13,16-18H,1-3,6-10,12,25H2,(H,26,35)(H,27,34)(H,28,37)(H,29,36)(H,32,33)/t16-,17-,18?/m0/s1. The van der Waals surface area contributed by atoms with E-state index in [9.17, 15) is 38.9 Å². The Morgan fingerprint density at radius 2 is 1.85 bits per heavy atom. The topological polar surface area (TPSA) is 258 Å². The number of carboxylic acid groups (broad SMARTS) is 1. The normalized spacial score (nSPS) is 19.6. The summed E-state index contributed by atoms with van der Waals surface area (Å²) >= 11 is 0. The Morgan fingerprint density at radius 1 is 1.15 bits per heavy atom. The number of carbonyl (C=O) groups is 6. The van der Waals surface area contributed by atoms with E-state index < -0.39 is 64.9 Å². The van der Waals surface area contributed by atoms with Gasteiger partial charge in [0.25, 0.3) is 18.1 Å². The number of benzene rings is 1. The maximum Gasteiger partial charge on any atom is 0.322 e. The molecular formula is C24H32N6O11. The van der Waals surface area contributed by atoms with Crippen LogP contribution < -0.4 is 31.7 Å². The number of nitrogens with one attached hydrogen (secondary N) is 4. The molecule has 0 spiro atoms. The van der Waals surface area contributed by atoms with Crippen LogP contribution in [-0.4, -0.2) is 90.5 Å². The molecule has 1 aromatic carbocycles. The van der Waals surface area contributed by atoms with E-state index in [1.807, 2.05) is 0 Å². The van der Waals surface area contributed by atoms with Crippen molar-refractivity contribution in [3.63, 3.8) is 0 Å². The summed E-state index contributed by atoms with van der Waals surface area (Å²) < 4.78 is 10.3. The lowest BCUT2D eigenvalue weighted by atomic mass is 10.1. The Morgan fingerprint density at radius 3 is 2.51 bits per heavy atom. The number of amides is 4. The van der Waals surface area contributed by atoms with Crippen molar-refractivity contribution in [2.75, 3.05) is 26.3 Å². The average Bonchev–Trinajstić information content (AvgIpc) is 2.93. The first-order valence-electron chi connectivity index (χ1n) is 12.6. The van der Waals surface area contributed by atoms with E-state index in [-0.39, 0.29) is 50.3 Å². The van der Waals surface area contributed by atoms with Crippen LogP contribution in [0.25, 0.3) is 0 Å². The fourth-order valence-electron chi connectivity index (χ4n) is 3.82. The monoisotopic (exact) mass is 580 g/mol. The van der Waals surface area contributed by atoms with E-state index in [4.69, 9.17) is 15.6 Å². The minimum absolute atomic E-state index is 0.106. The number of fused-ring (bicyclic) bond motifs is 1. The van der Waals surface area contributed by atoms with E-state index >= 15 is 0 Å². The SMILES string of the molecule is NCCCC[C@@H]1NC(=O)C(CCOC=O)NC(=O)c2cc([N+](=O)[O-])ccc2OCC[C@@H](C(=O)NCC(=O)O)NC1=O. The number of ether oxygens (including phenoxy) is 2. The van der Waals surface area contributed by atoms with Gasteiger partial charge in [0, 0.05) is 25.0 Å². The lowest BCUT2D eigenvalue weighted by Gasteiger charge is -2.26. The van der Waals surface area contributed by atoms with Gasteiger partial charge >= 0.3 is 5.97 Å². The van der Waals surface area contributed by atoms with Gasteiger partial charge in [-0.3, -0.25) is 38.9 Å². The average molecular weight is 581 g/mol. The second-order valence-electron chi connectivity index (χ2n) is 8.87. The summed E-state index contributed by atoms with van der Waals surface area (Å²) in [4.78, 5) is 84.5. The maximum absolute atomic E-state index is 13.2. The van der Waals surface area contributed by atoms with Crippen molar-refractivity contribution in [3.8, 4) is 5.75 Å². The summed E-state index contributed by atoms with van der Waals surface area (Å²) in [5.74, 6) is -4.80. The number of unbranched alkanes of at least 4 members (excludes halogenated alkanes) is 1. The number of carbonyl (C=O) groups excluding carboxylic acids is 5. The predicted molar refractivity (Wildman–Crippen MR) is 139 cm³/mol. The van der Waals surface area contributed by atoms with E-state index in [0.717, 1.165) is 18.2 Å². The lowest BCUT2D eigenvalue weighted by molar-refractivity contribution is -0.384. The van der Waals surface area contributed by atoms with Gasteiger partial charge in [-0.1, -0.05) is 0 Å². The molecule has 1 aliphatic rings. The highest BCUT2D eigenvalue weighted by Crippen LogP contribution is 2.25. The number of hydrogen-bond acceptors (Lipinski definition) is 11. The lowest BCUT2D eigenvalue weighted by Crippen LogP contribution is -2.57. The van der Waals surface area contributed by atoms with Crippen molar-refractivity contribution in [1.29, 1.82) is 0 Å². The number of hydrogen-bond donors (Lipinski definition) is 6. The van der Waals surface area contributed by atoms with Gasteiger partial charge in [0.2, 0.25) is 17.7 Å². The minimum atomic E-state index is -1.35. The van der Waals surface area contributed by atoms with Gasteiger partial charge in [-0.2, -0.15) is 0 Å². The van der Waals surface area contributed by atoms with E-state index in [1.54, 1.807) is 0 Å². The molecule has 4 amide bonds. The van der Waals surface area contributed by atoms with Crippen LogP contribution in [0, 0.1) is 10.1 Å². The zero-order valence-electron chi connectivity index (χ0n) is 22.0. The molecule has 0 saturated carbocycles. The van der Waals surface area contributed by atoms with Crippen molar-refractivity contribution in [2.24, 2.45) is 5.73 Å². The number of non-ortho nitro benzene ring substituents is 1. The Labute approximate surface area is 233 Å². The molecule has 1 heterocycles. The Bertz CT molecular complexity index is 1150. The van der Waals surface area contributed by atoms with Crippen LogP contribution in [0.1, 0.15) is 42.5 Å². The molecule has 0 radical (unpaired) electrons. The number of rotatable bonds is 12. The summed E-state index contributed by atoms with van der Waals surface area (Å²) in [5, 5.41) is 29.9. The van der Waals surface area contributed by atoms with E-state index in [0.29, 0.717) is 19.4 Å². The molecule has 17 nitrogen and oxygen atoms in total. The molecule has 1 aliphatic heterocycles. The zero-order chi connectivity index (χ0) is 30.4. The number of aliphatic carboxylic acids is 1. The number of nitrogens with two attached hydrogens (primary N) is 1. The highest BCUT2D eigenvalue weighted by molar-refractivity contribution is 6.01. The highest BCUT2D eigenvalue weighted by Gasteiger charge is 2.31. The molecule has 0 aromatic heterocycles. The number of carboxylic acids is 1. The molecule has 2 rings (SSSR count). The second-order valence-corrected chi connectivity index (χ2v) is 8.87. The van der Waals surface area contributed by atoms with Gasteiger partial charge in [-0.25, -0.2) is 0 Å². The smallest absolute Gasteiger partial charge is 0.322 e. The van der Waals surface area contributed by atoms with Crippen molar-refractivity contribution in [1.82, 2.24) is 21.3 Å². The molecule has 17 heteroatoms.